The number of ketones is 1. The normalized spacial score (nSPS) is 22.8. The minimum absolute atomic E-state index is 0.0411. The lowest BCUT2D eigenvalue weighted by Gasteiger charge is -2.41. The highest BCUT2D eigenvalue weighted by atomic mass is 32.2. The zero-order valence-electron chi connectivity index (χ0n) is 17.9. The maximum atomic E-state index is 13.7. The largest absolute Gasteiger partial charge is 0.480 e. The Morgan fingerprint density at radius 2 is 1.94 bits per heavy atom. The smallest absolute Gasteiger partial charge is 0.320 e. The molecule has 1 aromatic heterocycles. The van der Waals surface area contributed by atoms with Crippen molar-refractivity contribution < 1.29 is 19.8 Å². The summed E-state index contributed by atoms with van der Waals surface area (Å²) in [6, 6.07) is 12.1. The van der Waals surface area contributed by atoms with Gasteiger partial charge in [-0.3, -0.25) is 14.6 Å². The molecular formula is C25H28N2O4S. The molecule has 1 aromatic carbocycles. The third-order valence-corrected chi connectivity index (χ3v) is 6.96. The van der Waals surface area contributed by atoms with Crippen molar-refractivity contribution >= 4 is 23.5 Å². The molecule has 6 nitrogen and oxygen atoms in total. The number of thioether (sulfide) groups is 1. The number of nitrogens with two attached hydrogens (primary N) is 1. The Morgan fingerprint density at radius 1 is 1.19 bits per heavy atom. The van der Waals surface area contributed by atoms with Crippen molar-refractivity contribution in [1.82, 2.24) is 4.98 Å². The van der Waals surface area contributed by atoms with Crippen LogP contribution in [0.5, 0.6) is 0 Å². The molecule has 1 aliphatic rings. The number of aliphatic carboxylic acids is 1. The van der Waals surface area contributed by atoms with Crippen LogP contribution >= 0.6 is 11.8 Å². The summed E-state index contributed by atoms with van der Waals surface area (Å²) in [5, 5.41) is 19.8. The number of carbonyl (C=O) groups excluding carboxylic acids is 1. The van der Waals surface area contributed by atoms with Gasteiger partial charge in [0, 0.05) is 17.8 Å². The van der Waals surface area contributed by atoms with Crippen LogP contribution in [0.25, 0.3) is 0 Å². The molecule has 3 rings (SSSR count). The van der Waals surface area contributed by atoms with Crippen LogP contribution < -0.4 is 5.73 Å². The highest BCUT2D eigenvalue weighted by Crippen LogP contribution is 2.45. The van der Waals surface area contributed by atoms with Crippen LogP contribution in [0.1, 0.15) is 30.1 Å². The molecule has 0 saturated heterocycles. The number of aromatic nitrogens is 1. The van der Waals surface area contributed by atoms with Gasteiger partial charge < -0.3 is 15.9 Å². The predicted molar refractivity (Wildman–Crippen MR) is 126 cm³/mol. The van der Waals surface area contributed by atoms with Crippen LogP contribution in [-0.4, -0.2) is 44.5 Å². The van der Waals surface area contributed by atoms with Gasteiger partial charge in [0.1, 0.15) is 6.04 Å². The van der Waals surface area contributed by atoms with Crippen molar-refractivity contribution in [2.24, 2.45) is 11.7 Å². The molecule has 0 spiro atoms. The number of hydrogen-bond acceptors (Lipinski definition) is 6. The molecule has 1 heterocycles. The lowest BCUT2D eigenvalue weighted by atomic mass is 9.63. The summed E-state index contributed by atoms with van der Waals surface area (Å²) in [4.78, 5) is 29.1. The van der Waals surface area contributed by atoms with E-state index in [0.717, 1.165) is 5.56 Å². The number of nitrogens with zero attached hydrogens (tertiary/aromatic N) is 1. The van der Waals surface area contributed by atoms with Crippen molar-refractivity contribution in [3.63, 3.8) is 0 Å². The highest BCUT2D eigenvalue weighted by Gasteiger charge is 2.45. The summed E-state index contributed by atoms with van der Waals surface area (Å²) in [5.41, 5.74) is 6.53. The Hall–Kier alpha value is -2.74. The molecule has 1 aliphatic carbocycles. The fourth-order valence-electron chi connectivity index (χ4n) is 4.23. The van der Waals surface area contributed by atoms with Gasteiger partial charge in [-0.15, -0.1) is 0 Å². The van der Waals surface area contributed by atoms with Crippen molar-refractivity contribution in [3.05, 3.63) is 90.3 Å². The van der Waals surface area contributed by atoms with E-state index in [9.17, 15) is 19.8 Å². The summed E-state index contributed by atoms with van der Waals surface area (Å²) in [6.07, 6.45) is 12.1. The number of hydrogen-bond donors (Lipinski definition) is 3. The monoisotopic (exact) mass is 452 g/mol. The van der Waals surface area contributed by atoms with E-state index in [1.54, 1.807) is 24.7 Å². The quantitative estimate of drug-likeness (QED) is 0.507. The van der Waals surface area contributed by atoms with E-state index in [1.165, 1.54) is 11.8 Å². The van der Waals surface area contributed by atoms with Crippen molar-refractivity contribution in [1.29, 1.82) is 0 Å². The summed E-state index contributed by atoms with van der Waals surface area (Å²) >= 11 is 1.31. The second-order valence-electron chi connectivity index (χ2n) is 7.94. The summed E-state index contributed by atoms with van der Waals surface area (Å²) in [6.45, 7) is 0. The first kappa shape index (κ1) is 23.9. The number of rotatable bonds is 10. The highest BCUT2D eigenvalue weighted by molar-refractivity contribution is 7.99. The summed E-state index contributed by atoms with van der Waals surface area (Å²) < 4.78 is 0. The molecular weight excluding hydrogens is 424 g/mol. The van der Waals surface area contributed by atoms with E-state index in [-0.39, 0.29) is 18.6 Å². The first-order valence-corrected chi connectivity index (χ1v) is 11.7. The molecule has 0 aliphatic heterocycles. The zero-order chi connectivity index (χ0) is 23.1. The van der Waals surface area contributed by atoms with Crippen LogP contribution in [0.3, 0.4) is 0 Å². The topological polar surface area (TPSA) is 114 Å². The molecule has 0 radical (unpaired) electrons. The Kier molecular flexibility index (Phi) is 8.01. The lowest BCUT2D eigenvalue weighted by molar-refractivity contribution is -0.138. The average Bonchev–Trinajstić information content (AvgIpc) is 2.83. The summed E-state index contributed by atoms with van der Waals surface area (Å²) in [5.74, 6) is -1.81. The Morgan fingerprint density at radius 3 is 2.56 bits per heavy atom. The van der Waals surface area contributed by atoms with E-state index in [1.807, 2.05) is 60.7 Å². The standard InChI is InChI=1S/C25H28N2O4S/c1-32-22(14-20(26)24(30)31)23(29)19-11-5-6-12-25(19,18-9-3-2-4-10-18)15-21(28)17-8-7-13-27-16-17/h2-13,16,19-22,28H,14-15,26H2,1H3,(H,30,31)/t19?,20-,21?,22?,25?/m0/s1. The fourth-order valence-corrected chi connectivity index (χ4v) is 5.01. The molecule has 0 saturated carbocycles. The number of aliphatic hydroxyl groups is 1. The maximum absolute atomic E-state index is 13.7. The van der Waals surface area contributed by atoms with Gasteiger partial charge >= 0.3 is 5.97 Å². The number of pyridine rings is 1. The fraction of sp³-hybridized carbons (Fsp3) is 0.320. The van der Waals surface area contributed by atoms with Crippen molar-refractivity contribution in [2.75, 3.05) is 6.26 Å². The second kappa shape index (κ2) is 10.7. The number of Topliss-reactive ketones (excluding diaryl/α,β-unsaturated/α-hetero) is 1. The molecule has 5 atom stereocenters. The van der Waals surface area contributed by atoms with Gasteiger partial charge in [0.2, 0.25) is 0 Å². The van der Waals surface area contributed by atoms with Gasteiger partial charge in [-0.05, 0) is 36.3 Å². The van der Waals surface area contributed by atoms with Crippen LogP contribution in [0.2, 0.25) is 0 Å². The van der Waals surface area contributed by atoms with E-state index < -0.39 is 34.7 Å². The van der Waals surface area contributed by atoms with Crippen molar-refractivity contribution in [3.8, 4) is 0 Å². The van der Waals surface area contributed by atoms with Crippen LogP contribution in [-0.2, 0) is 15.0 Å². The first-order valence-electron chi connectivity index (χ1n) is 10.4. The van der Waals surface area contributed by atoms with Crippen LogP contribution in [0, 0.1) is 5.92 Å². The molecule has 2 aromatic rings. The summed E-state index contributed by atoms with van der Waals surface area (Å²) in [7, 11) is 0. The lowest BCUT2D eigenvalue weighted by Crippen LogP contribution is -2.45. The molecule has 4 N–H and O–H groups in total. The number of carbonyl (C=O) groups is 2. The molecule has 168 valence electrons. The van der Waals surface area contributed by atoms with E-state index in [4.69, 9.17) is 5.73 Å². The number of aliphatic hydroxyl groups excluding tert-OH is 1. The van der Waals surface area contributed by atoms with Gasteiger partial charge in [0.25, 0.3) is 0 Å². The molecule has 0 fully saturated rings. The number of carboxylic acids is 1. The predicted octanol–water partition coefficient (Wildman–Crippen LogP) is 3.29. The Labute approximate surface area is 192 Å². The molecule has 0 amide bonds. The number of carboxylic acid groups (broad SMARTS) is 1. The maximum Gasteiger partial charge on any atom is 0.320 e. The molecule has 7 heteroatoms. The van der Waals surface area contributed by atoms with Gasteiger partial charge in [-0.25, -0.2) is 0 Å². The zero-order valence-corrected chi connectivity index (χ0v) is 18.7. The first-order chi connectivity index (χ1) is 15.4. The molecule has 4 unspecified atom stereocenters. The third-order valence-electron chi connectivity index (χ3n) is 5.97. The minimum Gasteiger partial charge on any atom is -0.480 e. The third kappa shape index (κ3) is 5.18. The SMILES string of the molecule is CSC(C[C@H](N)C(=O)O)C(=O)C1C=CC=CC1(CC(O)c1cccnc1)c1ccccc1. The minimum atomic E-state index is -1.13. The van der Waals surface area contributed by atoms with Crippen LogP contribution in [0.4, 0.5) is 0 Å². The van der Waals surface area contributed by atoms with Gasteiger partial charge in [0.05, 0.1) is 17.3 Å². The van der Waals surface area contributed by atoms with Gasteiger partial charge in [0.15, 0.2) is 5.78 Å². The number of benzene rings is 1. The van der Waals surface area contributed by atoms with E-state index >= 15 is 0 Å². The molecule has 0 bridgehead atoms. The Bertz CT molecular complexity index is 980. The van der Waals surface area contributed by atoms with Gasteiger partial charge in [-0.2, -0.15) is 11.8 Å². The van der Waals surface area contributed by atoms with E-state index in [2.05, 4.69) is 4.98 Å². The van der Waals surface area contributed by atoms with E-state index in [0.29, 0.717) is 5.56 Å². The molecule has 32 heavy (non-hydrogen) atoms. The average molecular weight is 453 g/mol. The Balaban J connectivity index is 2.02. The van der Waals surface area contributed by atoms with Crippen LogP contribution in [0.15, 0.2) is 79.2 Å². The second-order valence-corrected chi connectivity index (χ2v) is 8.98. The van der Waals surface area contributed by atoms with Crippen molar-refractivity contribution in [2.45, 2.75) is 35.7 Å². The number of allylic oxidation sites excluding steroid dienone is 4. The van der Waals surface area contributed by atoms with Gasteiger partial charge in [-0.1, -0.05) is 60.7 Å².